The SMILES string of the molecule is Cc1ccccc1Cc1cccc(C#N)c1C=CC=CC(=O)N1CCCN(Cc2ccccc2C)CC1. The summed E-state index contributed by atoms with van der Waals surface area (Å²) in [5, 5.41) is 9.67. The molecule has 1 aliphatic rings. The Labute approximate surface area is 221 Å². The van der Waals surface area contributed by atoms with Gasteiger partial charge in [0.2, 0.25) is 5.91 Å². The summed E-state index contributed by atoms with van der Waals surface area (Å²) in [6, 6.07) is 25.0. The van der Waals surface area contributed by atoms with Gasteiger partial charge in [0.1, 0.15) is 0 Å². The Hall–Kier alpha value is -3.94. The number of amides is 1. The van der Waals surface area contributed by atoms with Crippen molar-refractivity contribution in [1.82, 2.24) is 9.80 Å². The summed E-state index contributed by atoms with van der Waals surface area (Å²) >= 11 is 0. The molecule has 1 fully saturated rings. The van der Waals surface area contributed by atoms with Gasteiger partial charge < -0.3 is 4.90 Å². The highest BCUT2D eigenvalue weighted by atomic mass is 16.2. The molecule has 1 saturated heterocycles. The molecule has 1 amide bonds. The van der Waals surface area contributed by atoms with E-state index in [0.29, 0.717) is 5.56 Å². The number of hydrogen-bond donors (Lipinski definition) is 0. The first-order valence-corrected chi connectivity index (χ1v) is 13.0. The van der Waals surface area contributed by atoms with Crippen molar-refractivity contribution in [3.63, 3.8) is 0 Å². The van der Waals surface area contributed by atoms with Crippen LogP contribution in [0.1, 0.15) is 45.4 Å². The van der Waals surface area contributed by atoms with E-state index in [9.17, 15) is 10.1 Å². The summed E-state index contributed by atoms with van der Waals surface area (Å²) in [6.07, 6.45) is 8.99. The topological polar surface area (TPSA) is 47.3 Å². The first-order chi connectivity index (χ1) is 18.0. The van der Waals surface area contributed by atoms with E-state index in [2.05, 4.69) is 67.3 Å². The Morgan fingerprint density at radius 1 is 0.838 bits per heavy atom. The highest BCUT2D eigenvalue weighted by molar-refractivity contribution is 5.88. The number of carbonyl (C=O) groups is 1. The third kappa shape index (κ3) is 7.06. The lowest BCUT2D eigenvalue weighted by Crippen LogP contribution is -2.34. The summed E-state index contributed by atoms with van der Waals surface area (Å²) in [4.78, 5) is 17.3. The quantitative estimate of drug-likeness (QED) is 0.299. The first-order valence-electron chi connectivity index (χ1n) is 13.0. The monoisotopic (exact) mass is 489 g/mol. The van der Waals surface area contributed by atoms with E-state index in [-0.39, 0.29) is 5.91 Å². The van der Waals surface area contributed by atoms with Gasteiger partial charge in [-0.25, -0.2) is 0 Å². The van der Waals surface area contributed by atoms with E-state index in [1.165, 1.54) is 22.3 Å². The molecule has 0 aromatic heterocycles. The molecule has 1 aliphatic heterocycles. The van der Waals surface area contributed by atoms with Crippen molar-refractivity contribution in [2.45, 2.75) is 33.2 Å². The fourth-order valence-corrected chi connectivity index (χ4v) is 4.85. The van der Waals surface area contributed by atoms with E-state index in [1.54, 1.807) is 12.2 Å². The third-order valence-corrected chi connectivity index (χ3v) is 7.13. The molecule has 3 aromatic rings. The molecule has 0 N–H and O–H groups in total. The summed E-state index contributed by atoms with van der Waals surface area (Å²) < 4.78 is 0. The Bertz CT molecular complexity index is 1330. The van der Waals surface area contributed by atoms with E-state index in [0.717, 1.165) is 56.7 Å². The minimum atomic E-state index is 0.0380. The van der Waals surface area contributed by atoms with Crippen molar-refractivity contribution >= 4 is 12.0 Å². The average molecular weight is 490 g/mol. The van der Waals surface area contributed by atoms with Crippen molar-refractivity contribution in [2.24, 2.45) is 0 Å². The predicted molar refractivity (Wildman–Crippen MR) is 151 cm³/mol. The fraction of sp³-hybridized carbons (Fsp3) is 0.273. The highest BCUT2D eigenvalue weighted by Gasteiger charge is 2.18. The maximum Gasteiger partial charge on any atom is 0.246 e. The number of nitrogens with zero attached hydrogens (tertiary/aromatic N) is 3. The standard InChI is InChI=1S/C33H35N3O/c1-26-11-3-5-13-28(26)23-29-15-9-16-30(24-34)32(29)17-7-8-18-33(37)36-20-10-19-35(21-22-36)25-31-14-6-4-12-27(31)2/h3-9,11-18H,10,19-23,25H2,1-2H3. The molecule has 0 atom stereocenters. The van der Waals surface area contributed by atoms with Crippen LogP contribution in [0.2, 0.25) is 0 Å². The smallest absolute Gasteiger partial charge is 0.246 e. The highest BCUT2D eigenvalue weighted by Crippen LogP contribution is 2.21. The minimum Gasteiger partial charge on any atom is -0.338 e. The zero-order chi connectivity index (χ0) is 26.0. The Balaban J connectivity index is 1.38. The maximum absolute atomic E-state index is 12.9. The first kappa shape index (κ1) is 26.1. The van der Waals surface area contributed by atoms with Gasteiger partial charge in [0.15, 0.2) is 0 Å². The van der Waals surface area contributed by atoms with Gasteiger partial charge in [0, 0.05) is 38.8 Å². The number of benzene rings is 3. The summed E-state index contributed by atoms with van der Waals surface area (Å²) in [5.74, 6) is 0.0380. The van der Waals surface area contributed by atoms with Gasteiger partial charge in [-0.3, -0.25) is 9.69 Å². The zero-order valence-electron chi connectivity index (χ0n) is 21.9. The van der Waals surface area contributed by atoms with Crippen molar-refractivity contribution in [3.8, 4) is 6.07 Å². The van der Waals surface area contributed by atoms with Crippen molar-refractivity contribution < 1.29 is 4.79 Å². The molecule has 188 valence electrons. The third-order valence-electron chi connectivity index (χ3n) is 7.13. The molecule has 4 heteroatoms. The molecule has 1 heterocycles. The Morgan fingerprint density at radius 3 is 2.27 bits per heavy atom. The molecule has 0 unspecified atom stereocenters. The average Bonchev–Trinajstić information content (AvgIpc) is 3.15. The molecule has 4 rings (SSSR count). The minimum absolute atomic E-state index is 0.0380. The van der Waals surface area contributed by atoms with Crippen LogP contribution in [0, 0.1) is 25.2 Å². The van der Waals surface area contributed by atoms with Crippen LogP contribution in [0.3, 0.4) is 0 Å². The van der Waals surface area contributed by atoms with E-state index in [4.69, 9.17) is 0 Å². The van der Waals surface area contributed by atoms with Gasteiger partial charge in [0.05, 0.1) is 11.6 Å². The van der Waals surface area contributed by atoms with Crippen LogP contribution in [-0.2, 0) is 17.8 Å². The largest absolute Gasteiger partial charge is 0.338 e. The number of nitriles is 1. The predicted octanol–water partition coefficient (Wildman–Crippen LogP) is 6.07. The van der Waals surface area contributed by atoms with Crippen molar-refractivity contribution in [1.29, 1.82) is 5.26 Å². The second-order valence-electron chi connectivity index (χ2n) is 9.69. The van der Waals surface area contributed by atoms with Crippen LogP contribution in [-0.4, -0.2) is 41.9 Å². The molecule has 4 nitrogen and oxygen atoms in total. The fourth-order valence-electron chi connectivity index (χ4n) is 4.85. The molecule has 0 bridgehead atoms. The molecule has 0 spiro atoms. The Kier molecular flexibility index (Phi) is 9.08. The lowest BCUT2D eigenvalue weighted by molar-refractivity contribution is -0.125. The summed E-state index contributed by atoms with van der Waals surface area (Å²) in [6.45, 7) is 8.57. The van der Waals surface area contributed by atoms with Gasteiger partial charge in [-0.15, -0.1) is 0 Å². The number of aryl methyl sites for hydroxylation is 2. The molecule has 37 heavy (non-hydrogen) atoms. The van der Waals surface area contributed by atoms with Crippen LogP contribution in [0.4, 0.5) is 0 Å². The molecule has 0 aliphatic carbocycles. The number of rotatable bonds is 7. The lowest BCUT2D eigenvalue weighted by atomic mass is 9.94. The van der Waals surface area contributed by atoms with Crippen molar-refractivity contribution in [3.05, 3.63) is 124 Å². The number of carbonyl (C=O) groups excluding carboxylic acids is 1. The van der Waals surface area contributed by atoms with Crippen LogP contribution in [0.15, 0.2) is 85.0 Å². The van der Waals surface area contributed by atoms with Gasteiger partial charge in [-0.05, 0) is 66.1 Å². The zero-order valence-corrected chi connectivity index (χ0v) is 21.9. The lowest BCUT2D eigenvalue weighted by Gasteiger charge is -2.22. The molecule has 3 aromatic carbocycles. The van der Waals surface area contributed by atoms with Gasteiger partial charge >= 0.3 is 0 Å². The van der Waals surface area contributed by atoms with Crippen LogP contribution >= 0.6 is 0 Å². The molecular formula is C33H35N3O. The van der Waals surface area contributed by atoms with Crippen LogP contribution in [0.5, 0.6) is 0 Å². The van der Waals surface area contributed by atoms with E-state index < -0.39 is 0 Å². The summed E-state index contributed by atoms with van der Waals surface area (Å²) in [7, 11) is 0. The number of hydrogen-bond acceptors (Lipinski definition) is 3. The van der Waals surface area contributed by atoms with Crippen molar-refractivity contribution in [2.75, 3.05) is 26.2 Å². The van der Waals surface area contributed by atoms with E-state index in [1.807, 2.05) is 41.3 Å². The second-order valence-corrected chi connectivity index (χ2v) is 9.69. The summed E-state index contributed by atoms with van der Waals surface area (Å²) in [5.41, 5.74) is 7.80. The van der Waals surface area contributed by atoms with E-state index >= 15 is 0 Å². The van der Waals surface area contributed by atoms with Gasteiger partial charge in [-0.1, -0.05) is 78.9 Å². The van der Waals surface area contributed by atoms with Gasteiger partial charge in [0.25, 0.3) is 0 Å². The Morgan fingerprint density at radius 2 is 1.54 bits per heavy atom. The normalized spacial score (nSPS) is 14.7. The maximum atomic E-state index is 12.9. The number of allylic oxidation sites excluding steroid dienone is 2. The molecular weight excluding hydrogens is 454 g/mol. The van der Waals surface area contributed by atoms with Crippen LogP contribution in [0.25, 0.3) is 6.08 Å². The van der Waals surface area contributed by atoms with Gasteiger partial charge in [-0.2, -0.15) is 5.26 Å². The second kappa shape index (κ2) is 12.9. The molecule has 0 radical (unpaired) electrons. The van der Waals surface area contributed by atoms with Crippen LogP contribution < -0.4 is 0 Å². The molecule has 0 saturated carbocycles.